The number of nitrogen functional groups attached to an aromatic ring is 1. The SMILES string of the molecule is CC(C)(C)OC(=O)N1CC=C(c2ccc3c(N)ncnn23)CCC1. The van der Waals surface area contributed by atoms with Crippen molar-refractivity contribution in [1.29, 1.82) is 0 Å². The molecule has 0 aliphatic carbocycles. The predicted octanol–water partition coefficient (Wildman–Crippen LogP) is 2.73. The zero-order valence-corrected chi connectivity index (χ0v) is 14.3. The lowest BCUT2D eigenvalue weighted by Gasteiger charge is -2.25. The Balaban J connectivity index is 1.82. The van der Waals surface area contributed by atoms with E-state index in [1.807, 2.05) is 32.9 Å². The molecule has 0 radical (unpaired) electrons. The standard InChI is InChI=1S/C17H23N5O2/c1-17(2,3)24-16(23)21-9-4-5-12(8-10-21)13-6-7-14-15(18)19-11-20-22(13)14/h6-8,11H,4-5,9-10H2,1-3H3,(H2,18,19,20). The summed E-state index contributed by atoms with van der Waals surface area (Å²) in [5.41, 5.74) is 8.34. The maximum atomic E-state index is 12.2. The number of hydrogen-bond donors (Lipinski definition) is 1. The number of anilines is 1. The fraction of sp³-hybridized carbons (Fsp3) is 0.471. The lowest BCUT2D eigenvalue weighted by molar-refractivity contribution is 0.0273. The highest BCUT2D eigenvalue weighted by Crippen LogP contribution is 2.26. The molecule has 1 amide bonds. The van der Waals surface area contributed by atoms with E-state index in [1.54, 1.807) is 9.42 Å². The Morgan fingerprint density at radius 1 is 1.33 bits per heavy atom. The number of amides is 1. The number of ether oxygens (including phenoxy) is 1. The van der Waals surface area contributed by atoms with E-state index in [0.29, 0.717) is 18.9 Å². The first-order valence-corrected chi connectivity index (χ1v) is 8.11. The number of carbonyl (C=O) groups excluding carboxylic acids is 1. The first kappa shape index (κ1) is 16.3. The lowest BCUT2D eigenvalue weighted by Crippen LogP contribution is -2.37. The van der Waals surface area contributed by atoms with Gasteiger partial charge in [0.15, 0.2) is 5.82 Å². The molecule has 3 rings (SSSR count). The van der Waals surface area contributed by atoms with E-state index in [9.17, 15) is 4.79 Å². The Labute approximate surface area is 141 Å². The molecule has 0 saturated carbocycles. The van der Waals surface area contributed by atoms with Crippen LogP contribution >= 0.6 is 0 Å². The van der Waals surface area contributed by atoms with Gasteiger partial charge in [0.2, 0.25) is 0 Å². The molecule has 0 atom stereocenters. The minimum absolute atomic E-state index is 0.272. The quantitative estimate of drug-likeness (QED) is 0.869. The Kier molecular flexibility index (Phi) is 4.17. The molecule has 0 aromatic carbocycles. The van der Waals surface area contributed by atoms with Crippen LogP contribution in [0.25, 0.3) is 11.1 Å². The summed E-state index contributed by atoms with van der Waals surface area (Å²) in [7, 11) is 0. The summed E-state index contributed by atoms with van der Waals surface area (Å²) >= 11 is 0. The second-order valence-electron chi connectivity index (χ2n) is 6.92. The molecule has 128 valence electrons. The number of aromatic nitrogens is 3. The molecule has 3 heterocycles. The molecule has 1 aliphatic rings. The van der Waals surface area contributed by atoms with Gasteiger partial charge in [-0.2, -0.15) is 5.10 Å². The molecule has 24 heavy (non-hydrogen) atoms. The molecule has 1 aliphatic heterocycles. The number of rotatable bonds is 1. The average Bonchev–Trinajstić information content (AvgIpc) is 2.77. The molecule has 0 fully saturated rings. The summed E-state index contributed by atoms with van der Waals surface area (Å²) < 4.78 is 7.26. The smallest absolute Gasteiger partial charge is 0.410 e. The maximum Gasteiger partial charge on any atom is 0.410 e. The third-order valence-corrected chi connectivity index (χ3v) is 3.89. The van der Waals surface area contributed by atoms with Gasteiger partial charge in [0.1, 0.15) is 17.4 Å². The predicted molar refractivity (Wildman–Crippen MR) is 92.4 cm³/mol. The Bertz CT molecular complexity index is 788. The van der Waals surface area contributed by atoms with Gasteiger partial charge in [0, 0.05) is 13.1 Å². The molecule has 2 aromatic rings. The minimum atomic E-state index is -0.484. The third kappa shape index (κ3) is 3.34. The number of nitrogens with two attached hydrogens (primary N) is 1. The van der Waals surface area contributed by atoms with Crippen molar-refractivity contribution in [3.63, 3.8) is 0 Å². The second kappa shape index (κ2) is 6.14. The summed E-state index contributed by atoms with van der Waals surface area (Å²) in [4.78, 5) is 18.0. The Morgan fingerprint density at radius 3 is 2.88 bits per heavy atom. The highest BCUT2D eigenvalue weighted by atomic mass is 16.6. The van der Waals surface area contributed by atoms with Crippen LogP contribution in [0.2, 0.25) is 0 Å². The molecule has 0 saturated heterocycles. The van der Waals surface area contributed by atoms with Crippen molar-refractivity contribution in [3.05, 3.63) is 30.2 Å². The van der Waals surface area contributed by atoms with Gasteiger partial charge in [0.05, 0.1) is 5.69 Å². The molecule has 7 nitrogen and oxygen atoms in total. The van der Waals surface area contributed by atoms with Gasteiger partial charge >= 0.3 is 6.09 Å². The zero-order chi connectivity index (χ0) is 17.3. The van der Waals surface area contributed by atoms with Gasteiger partial charge < -0.3 is 15.4 Å². The van der Waals surface area contributed by atoms with Gasteiger partial charge in [-0.15, -0.1) is 0 Å². The van der Waals surface area contributed by atoms with E-state index in [-0.39, 0.29) is 6.09 Å². The minimum Gasteiger partial charge on any atom is -0.444 e. The number of allylic oxidation sites excluding steroid dienone is 1. The molecular weight excluding hydrogens is 306 g/mol. The van der Waals surface area contributed by atoms with E-state index in [2.05, 4.69) is 16.2 Å². The van der Waals surface area contributed by atoms with Crippen LogP contribution in [-0.2, 0) is 4.74 Å². The average molecular weight is 329 g/mol. The monoisotopic (exact) mass is 329 g/mol. The molecule has 0 bridgehead atoms. The topological polar surface area (TPSA) is 85.8 Å². The number of carbonyl (C=O) groups is 1. The van der Waals surface area contributed by atoms with Crippen molar-refractivity contribution in [1.82, 2.24) is 19.5 Å². The lowest BCUT2D eigenvalue weighted by atomic mass is 10.1. The first-order chi connectivity index (χ1) is 11.3. The van der Waals surface area contributed by atoms with Crippen LogP contribution in [-0.4, -0.2) is 44.3 Å². The van der Waals surface area contributed by atoms with Gasteiger partial charge in [-0.1, -0.05) is 6.08 Å². The summed E-state index contributed by atoms with van der Waals surface area (Å²) in [5.74, 6) is 0.459. The molecule has 7 heteroatoms. The number of nitrogens with zero attached hydrogens (tertiary/aromatic N) is 4. The highest BCUT2D eigenvalue weighted by Gasteiger charge is 2.23. The van der Waals surface area contributed by atoms with Crippen LogP contribution in [0.5, 0.6) is 0 Å². The summed E-state index contributed by atoms with van der Waals surface area (Å²) in [6.45, 7) is 6.83. The summed E-state index contributed by atoms with van der Waals surface area (Å²) in [5, 5.41) is 4.29. The Hall–Kier alpha value is -2.57. The van der Waals surface area contributed by atoms with Crippen molar-refractivity contribution in [2.75, 3.05) is 18.8 Å². The normalized spacial score (nSPS) is 16.0. The summed E-state index contributed by atoms with van der Waals surface area (Å²) in [6, 6.07) is 3.91. The maximum absolute atomic E-state index is 12.2. The molecule has 2 aromatic heterocycles. The van der Waals surface area contributed by atoms with Gasteiger partial charge in [-0.25, -0.2) is 14.3 Å². The molecule has 2 N–H and O–H groups in total. The van der Waals surface area contributed by atoms with E-state index in [4.69, 9.17) is 10.5 Å². The molecular formula is C17H23N5O2. The van der Waals surface area contributed by atoms with Crippen LogP contribution in [0.15, 0.2) is 24.5 Å². The van der Waals surface area contributed by atoms with Crippen molar-refractivity contribution in [2.24, 2.45) is 0 Å². The Morgan fingerprint density at radius 2 is 2.12 bits per heavy atom. The molecule has 0 spiro atoms. The van der Waals surface area contributed by atoms with E-state index in [1.165, 1.54) is 6.33 Å². The first-order valence-electron chi connectivity index (χ1n) is 8.11. The van der Waals surface area contributed by atoms with Crippen molar-refractivity contribution in [2.45, 2.75) is 39.2 Å². The zero-order valence-electron chi connectivity index (χ0n) is 14.3. The van der Waals surface area contributed by atoms with E-state index < -0.39 is 5.60 Å². The number of hydrogen-bond acceptors (Lipinski definition) is 5. The largest absolute Gasteiger partial charge is 0.444 e. The van der Waals surface area contributed by atoms with Crippen molar-refractivity contribution in [3.8, 4) is 0 Å². The van der Waals surface area contributed by atoms with Gasteiger partial charge in [-0.05, 0) is 51.3 Å². The van der Waals surface area contributed by atoms with Crippen LogP contribution < -0.4 is 5.73 Å². The highest BCUT2D eigenvalue weighted by molar-refractivity contribution is 5.74. The van der Waals surface area contributed by atoms with Crippen molar-refractivity contribution < 1.29 is 9.53 Å². The fourth-order valence-corrected chi connectivity index (χ4v) is 2.80. The van der Waals surface area contributed by atoms with Crippen LogP contribution in [0.1, 0.15) is 39.3 Å². The summed E-state index contributed by atoms with van der Waals surface area (Å²) in [6.07, 6.45) is 4.99. The van der Waals surface area contributed by atoms with Gasteiger partial charge in [-0.3, -0.25) is 0 Å². The van der Waals surface area contributed by atoms with Crippen LogP contribution in [0.3, 0.4) is 0 Å². The number of fused-ring (bicyclic) bond motifs is 1. The van der Waals surface area contributed by atoms with Crippen LogP contribution in [0.4, 0.5) is 10.6 Å². The third-order valence-electron chi connectivity index (χ3n) is 3.89. The van der Waals surface area contributed by atoms with Crippen LogP contribution in [0, 0.1) is 0 Å². The van der Waals surface area contributed by atoms with Gasteiger partial charge in [0.25, 0.3) is 0 Å². The van der Waals surface area contributed by atoms with E-state index in [0.717, 1.165) is 29.6 Å². The van der Waals surface area contributed by atoms with Crippen molar-refractivity contribution >= 4 is 23.0 Å². The molecule has 0 unspecified atom stereocenters. The fourth-order valence-electron chi connectivity index (χ4n) is 2.80. The van der Waals surface area contributed by atoms with E-state index >= 15 is 0 Å². The second-order valence-corrected chi connectivity index (χ2v) is 6.92.